The summed E-state index contributed by atoms with van der Waals surface area (Å²) >= 11 is 0. The van der Waals surface area contributed by atoms with Gasteiger partial charge in [0.1, 0.15) is 11.6 Å². The average Bonchev–Trinajstić information content (AvgIpc) is 2.50. The van der Waals surface area contributed by atoms with Crippen LogP contribution in [-0.2, 0) is 20.7 Å². The molecule has 0 aliphatic carbocycles. The Morgan fingerprint density at radius 1 is 1.24 bits per heavy atom. The molecule has 0 fully saturated rings. The third-order valence-corrected chi connectivity index (χ3v) is 3.56. The van der Waals surface area contributed by atoms with Gasteiger partial charge in [0.25, 0.3) is 0 Å². The monoisotopic (exact) mass is 297 g/mol. The number of amides is 1. The molecule has 0 unspecified atom stereocenters. The Labute approximate surface area is 121 Å². The molecule has 0 bridgehead atoms. The van der Waals surface area contributed by atoms with Gasteiger partial charge in [0.2, 0.25) is 5.91 Å². The molecule has 6 heteroatoms. The van der Waals surface area contributed by atoms with E-state index < -0.39 is 11.6 Å². The van der Waals surface area contributed by atoms with Gasteiger partial charge in [0, 0.05) is 24.9 Å². The fourth-order valence-corrected chi connectivity index (χ4v) is 2.51. The van der Waals surface area contributed by atoms with Crippen molar-refractivity contribution in [2.45, 2.75) is 32.1 Å². The minimum Gasteiger partial charge on any atom is -0.469 e. The molecular formula is C15H17F2NO3. The Morgan fingerprint density at radius 2 is 1.95 bits per heavy atom. The number of carbonyl (C=O) groups is 2. The molecule has 1 heterocycles. The van der Waals surface area contributed by atoms with Crippen LogP contribution in [0, 0.1) is 11.6 Å². The molecule has 114 valence electrons. The van der Waals surface area contributed by atoms with Gasteiger partial charge in [-0.15, -0.1) is 0 Å². The summed E-state index contributed by atoms with van der Waals surface area (Å²) in [5.41, 5.74) is 0.298. The first-order valence-corrected chi connectivity index (χ1v) is 6.88. The Hall–Kier alpha value is -1.98. The molecule has 1 amide bonds. The molecule has 0 radical (unpaired) electrons. The number of halogens is 2. The van der Waals surface area contributed by atoms with Gasteiger partial charge in [0.15, 0.2) is 0 Å². The van der Waals surface area contributed by atoms with Gasteiger partial charge in [-0.1, -0.05) is 0 Å². The van der Waals surface area contributed by atoms with E-state index in [1.165, 1.54) is 12.0 Å². The van der Waals surface area contributed by atoms with Gasteiger partial charge in [-0.05, 0) is 31.4 Å². The van der Waals surface area contributed by atoms with Crippen LogP contribution in [0.5, 0.6) is 0 Å². The zero-order chi connectivity index (χ0) is 15.4. The van der Waals surface area contributed by atoms with Crippen molar-refractivity contribution in [1.29, 1.82) is 0 Å². The summed E-state index contributed by atoms with van der Waals surface area (Å²) in [7, 11) is 1.28. The number of benzene rings is 1. The highest BCUT2D eigenvalue weighted by Gasteiger charge is 2.27. The van der Waals surface area contributed by atoms with Crippen LogP contribution in [0.4, 0.5) is 14.5 Å². The predicted octanol–water partition coefficient (Wildman–Crippen LogP) is 2.59. The van der Waals surface area contributed by atoms with E-state index >= 15 is 0 Å². The van der Waals surface area contributed by atoms with Crippen molar-refractivity contribution in [2.75, 3.05) is 18.6 Å². The first-order chi connectivity index (χ1) is 10.0. The third-order valence-electron chi connectivity index (χ3n) is 3.56. The van der Waals surface area contributed by atoms with Crippen LogP contribution in [0.15, 0.2) is 12.1 Å². The highest BCUT2D eigenvalue weighted by molar-refractivity contribution is 5.94. The number of esters is 1. The van der Waals surface area contributed by atoms with E-state index in [0.29, 0.717) is 25.8 Å². The summed E-state index contributed by atoms with van der Waals surface area (Å²) in [6, 6.07) is 2.12. The van der Waals surface area contributed by atoms with Crippen molar-refractivity contribution in [3.05, 3.63) is 29.3 Å². The molecule has 1 aliphatic heterocycles. The summed E-state index contributed by atoms with van der Waals surface area (Å²) in [6.45, 7) is 0.366. The lowest BCUT2D eigenvalue weighted by Gasteiger charge is -2.30. The van der Waals surface area contributed by atoms with Crippen LogP contribution >= 0.6 is 0 Å². The van der Waals surface area contributed by atoms with Gasteiger partial charge >= 0.3 is 5.97 Å². The second kappa shape index (κ2) is 6.65. The number of rotatable bonds is 4. The van der Waals surface area contributed by atoms with Crippen molar-refractivity contribution in [2.24, 2.45) is 0 Å². The second-order valence-electron chi connectivity index (χ2n) is 4.93. The number of hydrogen-bond acceptors (Lipinski definition) is 3. The fourth-order valence-electron chi connectivity index (χ4n) is 2.51. The maximum Gasteiger partial charge on any atom is 0.305 e. The highest BCUT2D eigenvalue weighted by atomic mass is 19.1. The average molecular weight is 297 g/mol. The Kier molecular flexibility index (Phi) is 4.88. The van der Waals surface area contributed by atoms with E-state index in [1.54, 1.807) is 0 Å². The first kappa shape index (κ1) is 15.4. The lowest BCUT2D eigenvalue weighted by molar-refractivity contribution is -0.140. The highest BCUT2D eigenvalue weighted by Crippen LogP contribution is 2.32. The van der Waals surface area contributed by atoms with Crippen LogP contribution in [0.25, 0.3) is 0 Å². The quantitative estimate of drug-likeness (QED) is 0.803. The molecule has 1 aromatic rings. The minimum absolute atomic E-state index is 0.0457. The van der Waals surface area contributed by atoms with Gasteiger partial charge in [0.05, 0.1) is 12.8 Å². The topological polar surface area (TPSA) is 46.6 Å². The molecule has 1 aromatic carbocycles. The van der Waals surface area contributed by atoms with E-state index in [4.69, 9.17) is 0 Å². The lowest BCUT2D eigenvalue weighted by atomic mass is 10.00. The van der Waals surface area contributed by atoms with Crippen molar-refractivity contribution in [3.8, 4) is 0 Å². The molecule has 21 heavy (non-hydrogen) atoms. The number of carbonyl (C=O) groups excluding carboxylic acids is 2. The van der Waals surface area contributed by atoms with Crippen LogP contribution < -0.4 is 4.90 Å². The van der Waals surface area contributed by atoms with Crippen LogP contribution in [-0.4, -0.2) is 25.5 Å². The molecular weight excluding hydrogens is 280 g/mol. The SMILES string of the molecule is COC(=O)CCCC(=O)N1CCCc2c(F)ccc(F)c21. The molecule has 0 saturated heterocycles. The molecule has 0 saturated carbocycles. The number of fused-ring (bicyclic) bond motifs is 1. The molecule has 2 rings (SSSR count). The second-order valence-corrected chi connectivity index (χ2v) is 4.93. The first-order valence-electron chi connectivity index (χ1n) is 6.88. The zero-order valence-corrected chi connectivity index (χ0v) is 11.8. The van der Waals surface area contributed by atoms with Gasteiger partial charge in [-0.25, -0.2) is 8.78 Å². The molecule has 4 nitrogen and oxygen atoms in total. The molecule has 0 N–H and O–H groups in total. The number of ether oxygens (including phenoxy) is 1. The Morgan fingerprint density at radius 3 is 2.67 bits per heavy atom. The Bertz CT molecular complexity index is 560. The summed E-state index contributed by atoms with van der Waals surface area (Å²) in [6.07, 6.45) is 1.58. The summed E-state index contributed by atoms with van der Waals surface area (Å²) in [4.78, 5) is 24.5. The number of anilines is 1. The number of hydrogen-bond donors (Lipinski definition) is 0. The van der Waals surface area contributed by atoms with E-state index in [0.717, 1.165) is 12.1 Å². The summed E-state index contributed by atoms with van der Waals surface area (Å²) in [5.74, 6) is -1.77. The van der Waals surface area contributed by atoms with E-state index in [1.807, 2.05) is 0 Å². The standard InChI is InChI=1S/C15H17F2NO3/c1-21-14(20)6-2-5-13(19)18-9-3-4-10-11(16)7-8-12(17)15(10)18/h7-8H,2-6,9H2,1H3. The van der Waals surface area contributed by atoms with Crippen LogP contribution in [0.1, 0.15) is 31.2 Å². The van der Waals surface area contributed by atoms with E-state index in [2.05, 4.69) is 4.74 Å². The maximum absolute atomic E-state index is 13.9. The predicted molar refractivity (Wildman–Crippen MR) is 72.9 cm³/mol. The van der Waals surface area contributed by atoms with Gasteiger partial charge in [-0.2, -0.15) is 0 Å². The minimum atomic E-state index is -0.590. The normalized spacial score (nSPS) is 13.8. The zero-order valence-electron chi connectivity index (χ0n) is 11.8. The number of methoxy groups -OCH3 is 1. The molecule has 0 spiro atoms. The van der Waals surface area contributed by atoms with Crippen molar-refractivity contribution >= 4 is 17.6 Å². The molecule has 0 aromatic heterocycles. The maximum atomic E-state index is 13.9. The fraction of sp³-hybridized carbons (Fsp3) is 0.467. The van der Waals surface area contributed by atoms with Crippen molar-refractivity contribution in [3.63, 3.8) is 0 Å². The summed E-state index contributed by atoms with van der Waals surface area (Å²) in [5, 5.41) is 0. The van der Waals surface area contributed by atoms with E-state index in [9.17, 15) is 18.4 Å². The number of nitrogens with zero attached hydrogens (tertiary/aromatic N) is 1. The van der Waals surface area contributed by atoms with Crippen molar-refractivity contribution in [1.82, 2.24) is 0 Å². The molecule has 1 aliphatic rings. The van der Waals surface area contributed by atoms with E-state index in [-0.39, 0.29) is 36.0 Å². The molecule has 0 atom stereocenters. The van der Waals surface area contributed by atoms with Gasteiger partial charge < -0.3 is 9.64 Å². The Balaban J connectivity index is 2.11. The smallest absolute Gasteiger partial charge is 0.305 e. The summed E-state index contributed by atoms with van der Waals surface area (Å²) < 4.78 is 32.2. The third kappa shape index (κ3) is 3.37. The largest absolute Gasteiger partial charge is 0.469 e. The van der Waals surface area contributed by atoms with Crippen LogP contribution in [0.2, 0.25) is 0 Å². The lowest BCUT2D eigenvalue weighted by Crippen LogP contribution is -2.36. The van der Waals surface area contributed by atoms with Crippen molar-refractivity contribution < 1.29 is 23.1 Å². The van der Waals surface area contributed by atoms with Crippen LogP contribution in [0.3, 0.4) is 0 Å². The van der Waals surface area contributed by atoms with Gasteiger partial charge in [-0.3, -0.25) is 9.59 Å².